The van der Waals surface area contributed by atoms with Crippen LogP contribution < -0.4 is 11.0 Å². The first-order valence-corrected chi connectivity index (χ1v) is 5.66. The maximum atomic E-state index is 4.88. The van der Waals surface area contributed by atoms with E-state index in [4.69, 9.17) is 4.84 Å². The summed E-state index contributed by atoms with van der Waals surface area (Å²) in [7, 11) is 0. The molecule has 92 valence electrons. The van der Waals surface area contributed by atoms with Crippen LogP contribution in [-0.4, -0.2) is 20.2 Å². The molecular weight excluding hydrogens is 244 g/mol. The summed E-state index contributed by atoms with van der Waals surface area (Å²) in [6.45, 7) is 0. The predicted octanol–water partition coefficient (Wildman–Crippen LogP) is 0.911. The number of fused-ring (bicyclic) bond motifs is 3. The number of benzene rings is 1. The molecular formula is C12H8N6O. The second-order valence-electron chi connectivity index (χ2n) is 4.04. The van der Waals surface area contributed by atoms with Crippen LogP contribution in [0.4, 0.5) is 0 Å². The van der Waals surface area contributed by atoms with Crippen molar-refractivity contribution < 1.29 is 4.84 Å². The summed E-state index contributed by atoms with van der Waals surface area (Å²) in [5.41, 5.74) is 9.05. The maximum absolute atomic E-state index is 4.88. The summed E-state index contributed by atoms with van der Waals surface area (Å²) in [5, 5.41) is 9.44. The molecule has 0 fully saturated rings. The van der Waals surface area contributed by atoms with Crippen molar-refractivity contribution in [2.45, 2.75) is 0 Å². The third-order valence-corrected chi connectivity index (χ3v) is 2.92. The van der Waals surface area contributed by atoms with E-state index < -0.39 is 0 Å². The normalized spacial score (nSPS) is 14.2. The number of imidazole rings is 1. The highest BCUT2D eigenvalue weighted by Crippen LogP contribution is 2.20. The summed E-state index contributed by atoms with van der Waals surface area (Å²) in [6, 6.07) is 7.69. The molecule has 0 spiro atoms. The Kier molecular flexibility index (Phi) is 2.06. The third kappa shape index (κ3) is 1.56. The van der Waals surface area contributed by atoms with Gasteiger partial charge in [-0.25, -0.2) is 9.97 Å². The Morgan fingerprint density at radius 3 is 2.79 bits per heavy atom. The fraction of sp³-hybridized carbons (Fsp3) is 0. The lowest BCUT2D eigenvalue weighted by molar-refractivity contribution is 0.138. The van der Waals surface area contributed by atoms with Crippen LogP contribution in [0.25, 0.3) is 27.6 Å². The van der Waals surface area contributed by atoms with Crippen LogP contribution in [0.15, 0.2) is 36.9 Å². The van der Waals surface area contributed by atoms with Crippen LogP contribution >= 0.6 is 0 Å². The monoisotopic (exact) mass is 252 g/mol. The minimum absolute atomic E-state index is 0.675. The molecule has 0 bridgehead atoms. The zero-order valence-electron chi connectivity index (χ0n) is 9.66. The van der Waals surface area contributed by atoms with Crippen LogP contribution in [0.2, 0.25) is 0 Å². The van der Waals surface area contributed by atoms with Gasteiger partial charge >= 0.3 is 0 Å². The van der Waals surface area contributed by atoms with E-state index in [9.17, 15) is 0 Å². The van der Waals surface area contributed by atoms with E-state index in [1.807, 2.05) is 24.3 Å². The Hall–Kier alpha value is -2.80. The van der Waals surface area contributed by atoms with E-state index in [-0.39, 0.29) is 0 Å². The predicted molar refractivity (Wildman–Crippen MR) is 68.0 cm³/mol. The number of aromatic nitrogens is 4. The largest absolute Gasteiger partial charge is 0.395 e. The van der Waals surface area contributed by atoms with Gasteiger partial charge in [0.2, 0.25) is 0 Å². The zero-order valence-corrected chi connectivity index (χ0v) is 9.66. The highest BCUT2D eigenvalue weighted by atomic mass is 16.7. The van der Waals surface area contributed by atoms with E-state index in [1.54, 1.807) is 0 Å². The Balaban J connectivity index is 2.00. The molecule has 1 aliphatic rings. The molecule has 3 heterocycles. The van der Waals surface area contributed by atoms with Gasteiger partial charge < -0.3 is 4.84 Å². The van der Waals surface area contributed by atoms with Crippen molar-refractivity contribution in [3.63, 3.8) is 0 Å². The Morgan fingerprint density at radius 2 is 1.89 bits per heavy atom. The highest BCUT2D eigenvalue weighted by Gasteiger charge is 2.09. The van der Waals surface area contributed by atoms with Crippen LogP contribution in [0, 0.1) is 0 Å². The van der Waals surface area contributed by atoms with Crippen molar-refractivity contribution >= 4 is 27.6 Å². The van der Waals surface area contributed by atoms with Crippen molar-refractivity contribution in [3.8, 4) is 0 Å². The van der Waals surface area contributed by atoms with E-state index >= 15 is 0 Å². The lowest BCUT2D eigenvalue weighted by Gasteiger charge is -1.95. The van der Waals surface area contributed by atoms with Crippen molar-refractivity contribution in [2.75, 3.05) is 0 Å². The van der Waals surface area contributed by atoms with Crippen LogP contribution in [0.1, 0.15) is 5.69 Å². The van der Waals surface area contributed by atoms with Gasteiger partial charge in [-0.2, -0.15) is 0 Å². The Bertz CT molecular complexity index is 816. The SMILES string of the molecule is C1=C(c2ccc3ccc4ncnc4c3nn2)NNO1. The molecule has 0 atom stereocenters. The van der Waals surface area contributed by atoms with Crippen LogP contribution in [-0.2, 0) is 4.84 Å². The number of rotatable bonds is 1. The Morgan fingerprint density at radius 1 is 0.947 bits per heavy atom. The quantitative estimate of drug-likeness (QED) is 0.665. The van der Waals surface area contributed by atoms with Crippen molar-refractivity contribution in [3.05, 3.63) is 42.5 Å². The minimum Gasteiger partial charge on any atom is -0.395 e. The molecule has 0 aliphatic carbocycles. The van der Waals surface area contributed by atoms with E-state index in [2.05, 4.69) is 31.2 Å². The fourth-order valence-corrected chi connectivity index (χ4v) is 1.98. The number of hydrogen-bond donors (Lipinski definition) is 2. The standard InChI is InChI=1S/C12H8N6O/c1-3-8(10-5-19-18-16-10)15-17-11-7(1)2-4-9-12(11)14-6-13-9/h1-6,16,18H. The Labute approximate surface area is 107 Å². The fourth-order valence-electron chi connectivity index (χ4n) is 1.98. The molecule has 7 heteroatoms. The molecule has 1 aliphatic heterocycles. The zero-order chi connectivity index (χ0) is 12.7. The van der Waals surface area contributed by atoms with Crippen molar-refractivity contribution in [2.24, 2.45) is 0 Å². The molecule has 0 saturated heterocycles. The second-order valence-corrected chi connectivity index (χ2v) is 4.04. The van der Waals surface area contributed by atoms with Gasteiger partial charge in [0, 0.05) is 5.39 Å². The number of nitrogens with zero attached hydrogens (tertiary/aromatic N) is 4. The van der Waals surface area contributed by atoms with E-state index in [0.29, 0.717) is 5.69 Å². The molecule has 1 aromatic carbocycles. The van der Waals surface area contributed by atoms with Crippen LogP contribution in [0.3, 0.4) is 0 Å². The maximum Gasteiger partial charge on any atom is 0.140 e. The second kappa shape index (κ2) is 3.85. The molecule has 0 amide bonds. The lowest BCUT2D eigenvalue weighted by atomic mass is 10.2. The first-order valence-electron chi connectivity index (χ1n) is 5.66. The summed E-state index contributed by atoms with van der Waals surface area (Å²) in [5.74, 6) is 0. The molecule has 3 aromatic rings. The third-order valence-electron chi connectivity index (χ3n) is 2.92. The first kappa shape index (κ1) is 10.2. The first-order chi connectivity index (χ1) is 9.42. The number of nitrogens with one attached hydrogen (secondary N) is 2. The van der Waals surface area contributed by atoms with Gasteiger partial charge in [-0.1, -0.05) is 17.7 Å². The van der Waals surface area contributed by atoms with Gasteiger partial charge in [-0.3, -0.25) is 5.43 Å². The van der Waals surface area contributed by atoms with Crippen molar-refractivity contribution in [1.29, 1.82) is 0 Å². The van der Waals surface area contributed by atoms with E-state index in [1.165, 1.54) is 12.6 Å². The molecule has 0 radical (unpaired) electrons. The summed E-state index contributed by atoms with van der Waals surface area (Å²) in [4.78, 5) is 13.3. The van der Waals surface area contributed by atoms with Gasteiger partial charge in [-0.05, 0) is 12.1 Å². The number of hydrogen-bond acceptors (Lipinski definition) is 7. The molecule has 7 nitrogen and oxygen atoms in total. The minimum atomic E-state index is 0.675. The van der Waals surface area contributed by atoms with Gasteiger partial charge in [-0.15, -0.1) is 10.2 Å². The average molecular weight is 252 g/mol. The molecule has 19 heavy (non-hydrogen) atoms. The lowest BCUT2D eigenvalue weighted by Crippen LogP contribution is -2.21. The summed E-state index contributed by atoms with van der Waals surface area (Å²) < 4.78 is 0. The van der Waals surface area contributed by atoms with Gasteiger partial charge in [0.25, 0.3) is 0 Å². The molecule has 2 aromatic heterocycles. The number of hydrazine groups is 1. The molecule has 0 saturated carbocycles. The van der Waals surface area contributed by atoms with E-state index in [0.717, 1.165) is 27.6 Å². The topological polar surface area (TPSA) is 84.9 Å². The van der Waals surface area contributed by atoms with Gasteiger partial charge in [0.05, 0.1) is 5.52 Å². The van der Waals surface area contributed by atoms with Crippen LogP contribution in [0.5, 0.6) is 0 Å². The smallest absolute Gasteiger partial charge is 0.140 e. The summed E-state index contributed by atoms with van der Waals surface area (Å²) >= 11 is 0. The van der Waals surface area contributed by atoms with Gasteiger partial charge in [0.15, 0.2) is 0 Å². The van der Waals surface area contributed by atoms with Gasteiger partial charge in [0.1, 0.15) is 35.0 Å². The molecule has 2 N–H and O–H groups in total. The highest BCUT2D eigenvalue weighted by molar-refractivity contribution is 6.00. The molecule has 0 unspecified atom stereocenters. The summed E-state index contributed by atoms with van der Waals surface area (Å²) in [6.07, 6.45) is 3.06. The average Bonchev–Trinajstić information content (AvgIpc) is 3.07. The molecule has 4 rings (SSSR count). The van der Waals surface area contributed by atoms with Crippen molar-refractivity contribution in [1.82, 2.24) is 31.2 Å².